The Bertz CT molecular complexity index is 713. The van der Waals surface area contributed by atoms with E-state index in [0.29, 0.717) is 5.92 Å². The third kappa shape index (κ3) is 3.63. The molecule has 6 heteroatoms. The maximum atomic E-state index is 4.71. The topological polar surface area (TPSA) is 37.8 Å². The van der Waals surface area contributed by atoms with Gasteiger partial charge in [0.25, 0.3) is 0 Å². The van der Waals surface area contributed by atoms with Crippen molar-refractivity contribution in [3.63, 3.8) is 0 Å². The number of nitrogens with zero attached hydrogens (tertiary/aromatic N) is 2. The number of aromatic nitrogens is 2. The standard InChI is InChI=1S/C16H19N3S3/c1-10(2)15-19-13(9-22-15)11(3)17-7-12-8-21-16(18-12)14-5-4-6-20-14/h4-6,8-11,17H,7H2,1-3H3. The minimum atomic E-state index is 0.246. The van der Waals surface area contributed by atoms with E-state index in [2.05, 4.69) is 54.4 Å². The molecule has 0 aliphatic carbocycles. The van der Waals surface area contributed by atoms with Crippen molar-refractivity contribution in [1.82, 2.24) is 15.3 Å². The van der Waals surface area contributed by atoms with Gasteiger partial charge < -0.3 is 5.32 Å². The second-order valence-corrected chi connectivity index (χ2v) is 8.18. The summed E-state index contributed by atoms with van der Waals surface area (Å²) in [6, 6.07) is 4.43. The fraction of sp³-hybridized carbons (Fsp3) is 0.375. The summed E-state index contributed by atoms with van der Waals surface area (Å²) < 4.78 is 0. The van der Waals surface area contributed by atoms with E-state index in [4.69, 9.17) is 9.97 Å². The van der Waals surface area contributed by atoms with Gasteiger partial charge in [-0.1, -0.05) is 19.9 Å². The van der Waals surface area contributed by atoms with Crippen LogP contribution in [-0.4, -0.2) is 9.97 Å². The van der Waals surface area contributed by atoms with E-state index in [1.165, 1.54) is 9.88 Å². The highest BCUT2D eigenvalue weighted by Crippen LogP contribution is 2.28. The molecule has 1 unspecified atom stereocenters. The van der Waals surface area contributed by atoms with Gasteiger partial charge in [0.1, 0.15) is 5.01 Å². The summed E-state index contributed by atoms with van der Waals surface area (Å²) in [6.45, 7) is 7.30. The predicted octanol–water partition coefficient (Wildman–Crippen LogP) is 5.30. The van der Waals surface area contributed by atoms with Gasteiger partial charge in [0.15, 0.2) is 0 Å². The maximum absolute atomic E-state index is 4.71. The largest absolute Gasteiger partial charge is 0.303 e. The van der Waals surface area contributed by atoms with Gasteiger partial charge in [-0.15, -0.1) is 34.0 Å². The van der Waals surface area contributed by atoms with E-state index in [1.54, 1.807) is 34.0 Å². The lowest BCUT2D eigenvalue weighted by Crippen LogP contribution is -2.18. The van der Waals surface area contributed by atoms with Crippen LogP contribution in [0.5, 0.6) is 0 Å². The fourth-order valence-electron chi connectivity index (χ4n) is 2.03. The summed E-state index contributed by atoms with van der Waals surface area (Å²) in [5, 5.41) is 12.2. The Kier molecular flexibility index (Phi) is 5.03. The molecule has 3 aromatic rings. The van der Waals surface area contributed by atoms with Crippen molar-refractivity contribution in [3.05, 3.63) is 44.7 Å². The van der Waals surface area contributed by atoms with Gasteiger partial charge in [0, 0.05) is 29.3 Å². The Morgan fingerprint density at radius 1 is 1.09 bits per heavy atom. The lowest BCUT2D eigenvalue weighted by molar-refractivity contribution is 0.557. The van der Waals surface area contributed by atoms with Crippen molar-refractivity contribution >= 4 is 34.0 Å². The van der Waals surface area contributed by atoms with Crippen molar-refractivity contribution in [2.45, 2.75) is 39.3 Å². The highest BCUT2D eigenvalue weighted by atomic mass is 32.1. The van der Waals surface area contributed by atoms with E-state index in [0.717, 1.165) is 22.9 Å². The lowest BCUT2D eigenvalue weighted by Gasteiger charge is -2.10. The molecule has 1 N–H and O–H groups in total. The Morgan fingerprint density at radius 3 is 2.64 bits per heavy atom. The third-order valence-electron chi connectivity index (χ3n) is 3.35. The van der Waals surface area contributed by atoms with Crippen LogP contribution in [0.25, 0.3) is 9.88 Å². The first-order valence-electron chi connectivity index (χ1n) is 7.30. The number of hydrogen-bond donors (Lipinski definition) is 1. The SMILES string of the molecule is CC(C)c1nc(C(C)NCc2csc(-c3cccs3)n2)cs1. The monoisotopic (exact) mass is 349 g/mol. The molecule has 0 radical (unpaired) electrons. The van der Waals surface area contributed by atoms with Crippen LogP contribution in [-0.2, 0) is 6.54 Å². The molecule has 3 nitrogen and oxygen atoms in total. The summed E-state index contributed by atoms with van der Waals surface area (Å²) in [5.41, 5.74) is 2.22. The Balaban J connectivity index is 1.60. The second kappa shape index (κ2) is 7.00. The molecule has 22 heavy (non-hydrogen) atoms. The van der Waals surface area contributed by atoms with Crippen molar-refractivity contribution in [2.24, 2.45) is 0 Å². The van der Waals surface area contributed by atoms with Crippen LogP contribution >= 0.6 is 34.0 Å². The minimum Gasteiger partial charge on any atom is -0.303 e. The van der Waals surface area contributed by atoms with Gasteiger partial charge in [-0.3, -0.25) is 0 Å². The highest BCUT2D eigenvalue weighted by Gasteiger charge is 2.12. The predicted molar refractivity (Wildman–Crippen MR) is 96.9 cm³/mol. The zero-order chi connectivity index (χ0) is 15.5. The summed E-state index contributed by atoms with van der Waals surface area (Å²) in [7, 11) is 0. The highest BCUT2D eigenvalue weighted by molar-refractivity contribution is 7.20. The van der Waals surface area contributed by atoms with Crippen molar-refractivity contribution in [2.75, 3.05) is 0 Å². The zero-order valence-corrected chi connectivity index (χ0v) is 15.3. The Morgan fingerprint density at radius 2 is 1.95 bits per heavy atom. The van der Waals surface area contributed by atoms with Gasteiger partial charge in [-0.2, -0.15) is 0 Å². The van der Waals surface area contributed by atoms with E-state index >= 15 is 0 Å². The molecular formula is C16H19N3S3. The van der Waals surface area contributed by atoms with Crippen LogP contribution in [0.1, 0.15) is 49.1 Å². The molecule has 116 valence electrons. The molecule has 0 saturated heterocycles. The molecule has 3 rings (SSSR count). The van der Waals surface area contributed by atoms with Gasteiger partial charge in [-0.25, -0.2) is 9.97 Å². The summed E-state index contributed by atoms with van der Waals surface area (Å²) >= 11 is 5.19. The second-order valence-electron chi connectivity index (χ2n) is 5.49. The average Bonchev–Trinajstić information content (AvgIpc) is 3.23. The van der Waals surface area contributed by atoms with Crippen LogP contribution < -0.4 is 5.32 Å². The van der Waals surface area contributed by atoms with Gasteiger partial charge in [0.05, 0.1) is 21.3 Å². The van der Waals surface area contributed by atoms with Crippen molar-refractivity contribution < 1.29 is 0 Å². The molecule has 0 aliphatic rings. The summed E-state index contributed by atoms with van der Waals surface area (Å²) in [5.74, 6) is 0.498. The molecule has 3 aromatic heterocycles. The van der Waals surface area contributed by atoms with Crippen LogP contribution in [0.2, 0.25) is 0 Å². The van der Waals surface area contributed by atoms with Crippen molar-refractivity contribution in [1.29, 1.82) is 0 Å². The molecule has 0 saturated carbocycles. The average molecular weight is 350 g/mol. The van der Waals surface area contributed by atoms with Gasteiger partial charge >= 0.3 is 0 Å². The molecule has 3 heterocycles. The zero-order valence-electron chi connectivity index (χ0n) is 12.9. The Hall–Kier alpha value is -1.08. The molecule has 0 spiro atoms. The Labute approximate surface area is 143 Å². The summed E-state index contributed by atoms with van der Waals surface area (Å²) in [6.07, 6.45) is 0. The minimum absolute atomic E-state index is 0.246. The third-order valence-corrected chi connectivity index (χ3v) is 6.44. The molecule has 0 fully saturated rings. The van der Waals surface area contributed by atoms with Crippen molar-refractivity contribution in [3.8, 4) is 9.88 Å². The molecule has 0 aliphatic heterocycles. The maximum Gasteiger partial charge on any atom is 0.133 e. The summed E-state index contributed by atoms with van der Waals surface area (Å²) in [4.78, 5) is 10.6. The smallest absolute Gasteiger partial charge is 0.133 e. The fourth-order valence-corrected chi connectivity index (χ4v) is 4.59. The van der Waals surface area contributed by atoms with Crippen LogP contribution in [0.3, 0.4) is 0 Å². The molecule has 0 bridgehead atoms. The molecule has 0 amide bonds. The van der Waals surface area contributed by atoms with Gasteiger partial charge in [0.2, 0.25) is 0 Å². The number of thiazole rings is 2. The van der Waals surface area contributed by atoms with Crippen LogP contribution in [0.4, 0.5) is 0 Å². The number of hydrogen-bond acceptors (Lipinski definition) is 6. The first-order chi connectivity index (χ1) is 10.6. The van der Waals surface area contributed by atoms with Crippen LogP contribution in [0, 0.1) is 0 Å². The van der Waals surface area contributed by atoms with E-state index in [-0.39, 0.29) is 6.04 Å². The normalized spacial score (nSPS) is 12.9. The number of thiophene rings is 1. The lowest BCUT2D eigenvalue weighted by atomic mass is 10.2. The molecule has 1 atom stereocenters. The number of nitrogens with one attached hydrogen (secondary N) is 1. The first-order valence-corrected chi connectivity index (χ1v) is 9.94. The quantitative estimate of drug-likeness (QED) is 0.656. The van der Waals surface area contributed by atoms with Gasteiger partial charge in [-0.05, 0) is 18.4 Å². The number of rotatable bonds is 6. The molecule has 0 aromatic carbocycles. The first kappa shape index (κ1) is 15.8. The molecular weight excluding hydrogens is 330 g/mol. The van der Waals surface area contributed by atoms with Crippen LogP contribution in [0.15, 0.2) is 28.3 Å². The van der Waals surface area contributed by atoms with E-state index in [1.807, 2.05) is 0 Å². The van der Waals surface area contributed by atoms with E-state index in [9.17, 15) is 0 Å². The van der Waals surface area contributed by atoms with E-state index < -0.39 is 0 Å².